The van der Waals surface area contributed by atoms with Crippen molar-refractivity contribution in [2.75, 3.05) is 13.7 Å². The number of hydrogen-bond donors (Lipinski definition) is 1. The number of methoxy groups -OCH3 is 1. The van der Waals surface area contributed by atoms with Crippen LogP contribution in [-0.2, 0) is 14.3 Å². The van der Waals surface area contributed by atoms with Crippen LogP contribution in [-0.4, -0.2) is 37.4 Å². The maximum atomic E-state index is 11.7. The second-order valence-electron chi connectivity index (χ2n) is 6.15. The predicted molar refractivity (Wildman–Crippen MR) is 71.4 cm³/mol. The first-order chi connectivity index (χ1) is 8.34. The first-order valence-electron chi connectivity index (χ1n) is 6.83. The number of ether oxygens (including phenoxy) is 2. The van der Waals surface area contributed by atoms with Gasteiger partial charge in [-0.3, -0.25) is 4.79 Å². The molecular formula is C14H27NO3. The zero-order chi connectivity index (χ0) is 13.8. The van der Waals surface area contributed by atoms with E-state index in [-0.39, 0.29) is 23.7 Å². The van der Waals surface area contributed by atoms with Crippen molar-refractivity contribution in [2.45, 2.75) is 64.7 Å². The molecule has 4 heteroatoms. The van der Waals surface area contributed by atoms with E-state index in [0.29, 0.717) is 5.92 Å². The van der Waals surface area contributed by atoms with E-state index in [1.807, 2.05) is 0 Å². The van der Waals surface area contributed by atoms with E-state index < -0.39 is 0 Å². The van der Waals surface area contributed by atoms with Gasteiger partial charge in [0.1, 0.15) is 6.04 Å². The highest BCUT2D eigenvalue weighted by Gasteiger charge is 2.32. The fourth-order valence-electron chi connectivity index (χ4n) is 2.37. The molecule has 1 N–H and O–H groups in total. The molecule has 0 aromatic rings. The Bertz CT molecular complexity index is 276. The van der Waals surface area contributed by atoms with Crippen LogP contribution in [0.15, 0.2) is 0 Å². The van der Waals surface area contributed by atoms with Gasteiger partial charge in [0.25, 0.3) is 0 Å². The third-order valence-electron chi connectivity index (χ3n) is 3.34. The first-order valence-corrected chi connectivity index (χ1v) is 6.83. The first kappa shape index (κ1) is 15.4. The van der Waals surface area contributed by atoms with E-state index in [0.717, 1.165) is 25.8 Å². The maximum Gasteiger partial charge on any atom is 0.322 e. The van der Waals surface area contributed by atoms with Gasteiger partial charge in [0.05, 0.1) is 18.8 Å². The molecule has 1 aliphatic heterocycles. The van der Waals surface area contributed by atoms with E-state index in [2.05, 4.69) is 33.0 Å². The highest BCUT2D eigenvalue weighted by Crippen LogP contribution is 2.28. The van der Waals surface area contributed by atoms with Gasteiger partial charge in [-0.05, 0) is 39.0 Å². The number of carbonyl (C=O) groups is 1. The van der Waals surface area contributed by atoms with Gasteiger partial charge >= 0.3 is 5.97 Å². The fourth-order valence-corrected chi connectivity index (χ4v) is 2.37. The monoisotopic (exact) mass is 257 g/mol. The van der Waals surface area contributed by atoms with Crippen molar-refractivity contribution in [2.24, 2.45) is 5.92 Å². The van der Waals surface area contributed by atoms with Crippen molar-refractivity contribution in [1.82, 2.24) is 5.32 Å². The molecule has 0 aliphatic carbocycles. The molecule has 1 aliphatic rings. The summed E-state index contributed by atoms with van der Waals surface area (Å²) >= 11 is 0. The Kier molecular flexibility index (Phi) is 5.60. The topological polar surface area (TPSA) is 47.6 Å². The average Bonchev–Trinajstić information content (AvgIpc) is 2.62. The second kappa shape index (κ2) is 6.53. The van der Waals surface area contributed by atoms with Crippen molar-refractivity contribution in [3.8, 4) is 0 Å². The lowest BCUT2D eigenvalue weighted by molar-refractivity contribution is -0.143. The third-order valence-corrected chi connectivity index (χ3v) is 3.34. The summed E-state index contributed by atoms with van der Waals surface area (Å²) in [4.78, 5) is 11.7. The highest BCUT2D eigenvalue weighted by atomic mass is 16.5. The summed E-state index contributed by atoms with van der Waals surface area (Å²) in [5.41, 5.74) is -0.0227. The molecule has 0 saturated carbocycles. The standard InChI is InChI=1S/C14H27NO3/c1-10(2)8-12(13(16)17-5)15-9-11-6-7-14(3,4)18-11/h10-12,15H,6-9H2,1-5H3. The fraction of sp³-hybridized carbons (Fsp3) is 0.929. The molecule has 1 rings (SSSR count). The van der Waals surface area contributed by atoms with Crippen molar-refractivity contribution < 1.29 is 14.3 Å². The molecule has 0 amide bonds. The minimum absolute atomic E-state index is 0.0227. The summed E-state index contributed by atoms with van der Waals surface area (Å²) in [6.07, 6.45) is 3.13. The number of esters is 1. The zero-order valence-corrected chi connectivity index (χ0v) is 12.3. The number of hydrogen-bond acceptors (Lipinski definition) is 4. The Morgan fingerprint density at radius 1 is 1.50 bits per heavy atom. The Morgan fingerprint density at radius 2 is 2.17 bits per heavy atom. The largest absolute Gasteiger partial charge is 0.468 e. The molecule has 0 aromatic heterocycles. The Hall–Kier alpha value is -0.610. The average molecular weight is 257 g/mol. The lowest BCUT2D eigenvalue weighted by Crippen LogP contribution is -2.42. The summed E-state index contributed by atoms with van der Waals surface area (Å²) in [7, 11) is 1.44. The molecule has 106 valence electrons. The van der Waals surface area contributed by atoms with Gasteiger partial charge in [0, 0.05) is 6.54 Å². The molecule has 2 atom stereocenters. The van der Waals surface area contributed by atoms with Crippen LogP contribution in [0.3, 0.4) is 0 Å². The quantitative estimate of drug-likeness (QED) is 0.740. The molecule has 2 unspecified atom stereocenters. The van der Waals surface area contributed by atoms with Crippen LogP contribution in [0.5, 0.6) is 0 Å². The molecule has 0 radical (unpaired) electrons. The molecule has 1 heterocycles. The molecule has 4 nitrogen and oxygen atoms in total. The molecule has 0 bridgehead atoms. The molecule has 0 spiro atoms. The van der Waals surface area contributed by atoms with Gasteiger partial charge in [-0.2, -0.15) is 0 Å². The molecular weight excluding hydrogens is 230 g/mol. The van der Waals surface area contributed by atoms with E-state index in [4.69, 9.17) is 9.47 Å². The summed E-state index contributed by atoms with van der Waals surface area (Å²) in [5.74, 6) is 0.281. The summed E-state index contributed by atoms with van der Waals surface area (Å²) < 4.78 is 10.7. The summed E-state index contributed by atoms with van der Waals surface area (Å²) in [6, 6.07) is -0.220. The van der Waals surface area contributed by atoms with E-state index in [1.54, 1.807) is 0 Å². The normalized spacial score (nSPS) is 24.2. The second-order valence-corrected chi connectivity index (χ2v) is 6.15. The van der Waals surface area contributed by atoms with Crippen LogP contribution in [0.1, 0.15) is 47.0 Å². The van der Waals surface area contributed by atoms with Crippen LogP contribution >= 0.6 is 0 Å². The predicted octanol–water partition coefficient (Wildman–Crippen LogP) is 2.12. The Morgan fingerprint density at radius 3 is 2.61 bits per heavy atom. The Balaban J connectivity index is 2.40. The van der Waals surface area contributed by atoms with Crippen molar-refractivity contribution in [3.05, 3.63) is 0 Å². The van der Waals surface area contributed by atoms with Gasteiger partial charge in [-0.25, -0.2) is 0 Å². The maximum absolute atomic E-state index is 11.7. The van der Waals surface area contributed by atoms with Gasteiger partial charge < -0.3 is 14.8 Å². The van der Waals surface area contributed by atoms with Crippen LogP contribution < -0.4 is 5.32 Å². The molecule has 1 fully saturated rings. The zero-order valence-electron chi connectivity index (χ0n) is 12.3. The SMILES string of the molecule is COC(=O)C(CC(C)C)NCC1CCC(C)(C)O1. The third kappa shape index (κ3) is 4.94. The minimum atomic E-state index is -0.220. The van der Waals surface area contributed by atoms with Crippen molar-refractivity contribution >= 4 is 5.97 Å². The van der Waals surface area contributed by atoms with Gasteiger partial charge in [-0.15, -0.1) is 0 Å². The molecule has 1 saturated heterocycles. The number of carbonyl (C=O) groups excluding carboxylic acids is 1. The lowest BCUT2D eigenvalue weighted by atomic mass is 10.0. The van der Waals surface area contributed by atoms with Crippen molar-refractivity contribution in [1.29, 1.82) is 0 Å². The van der Waals surface area contributed by atoms with E-state index in [9.17, 15) is 4.79 Å². The van der Waals surface area contributed by atoms with Gasteiger partial charge in [-0.1, -0.05) is 13.8 Å². The van der Waals surface area contributed by atoms with Crippen LogP contribution in [0.4, 0.5) is 0 Å². The van der Waals surface area contributed by atoms with Crippen LogP contribution in [0.2, 0.25) is 0 Å². The van der Waals surface area contributed by atoms with Crippen molar-refractivity contribution in [3.63, 3.8) is 0 Å². The van der Waals surface area contributed by atoms with E-state index >= 15 is 0 Å². The Labute approximate surface area is 110 Å². The smallest absolute Gasteiger partial charge is 0.322 e. The number of rotatable bonds is 6. The minimum Gasteiger partial charge on any atom is -0.468 e. The van der Waals surface area contributed by atoms with Crippen LogP contribution in [0, 0.1) is 5.92 Å². The van der Waals surface area contributed by atoms with Crippen LogP contribution in [0.25, 0.3) is 0 Å². The summed E-state index contributed by atoms with van der Waals surface area (Å²) in [6.45, 7) is 9.15. The molecule has 18 heavy (non-hydrogen) atoms. The van der Waals surface area contributed by atoms with Gasteiger partial charge in [0.2, 0.25) is 0 Å². The molecule has 0 aromatic carbocycles. The lowest BCUT2D eigenvalue weighted by Gasteiger charge is -2.22. The summed E-state index contributed by atoms with van der Waals surface area (Å²) in [5, 5.41) is 3.28. The van der Waals surface area contributed by atoms with E-state index in [1.165, 1.54) is 7.11 Å². The highest BCUT2D eigenvalue weighted by molar-refractivity contribution is 5.75. The van der Waals surface area contributed by atoms with Gasteiger partial charge in [0.15, 0.2) is 0 Å². The number of nitrogens with one attached hydrogen (secondary N) is 1.